The van der Waals surface area contributed by atoms with Gasteiger partial charge in [0.15, 0.2) is 0 Å². The Kier molecular flexibility index (Phi) is 4.67. The highest BCUT2D eigenvalue weighted by Crippen LogP contribution is 2.34. The third kappa shape index (κ3) is 4.10. The summed E-state index contributed by atoms with van der Waals surface area (Å²) in [7, 11) is 0. The second-order valence-corrected chi connectivity index (χ2v) is 5.68. The third-order valence-corrected chi connectivity index (χ3v) is 3.80. The molecule has 0 aliphatic rings. The zero-order chi connectivity index (χ0) is 19.8. The van der Waals surface area contributed by atoms with Crippen LogP contribution in [0.3, 0.4) is 0 Å². The van der Waals surface area contributed by atoms with Gasteiger partial charge in [0.25, 0.3) is 0 Å². The Morgan fingerprint density at radius 3 is 1.70 bits per heavy atom. The summed E-state index contributed by atoms with van der Waals surface area (Å²) in [6.07, 6.45) is -9.19. The molecule has 1 nitrogen and oxygen atoms in total. The van der Waals surface area contributed by atoms with Gasteiger partial charge in [0.05, 0.1) is 16.8 Å². The second-order valence-electron chi connectivity index (χ2n) is 5.68. The van der Waals surface area contributed by atoms with Crippen molar-refractivity contribution in [2.75, 3.05) is 0 Å². The molecule has 3 rings (SSSR count). The maximum Gasteiger partial charge on any atom is 0.416 e. The SMILES string of the molecule is Fc1ccc(-c2cccc(C(F)(F)F)c2)nc1-c1cccc(C(F)(F)F)c1. The summed E-state index contributed by atoms with van der Waals surface area (Å²) in [6, 6.07) is 10.3. The summed E-state index contributed by atoms with van der Waals surface area (Å²) in [5.74, 6) is -0.884. The van der Waals surface area contributed by atoms with Crippen LogP contribution in [0.25, 0.3) is 22.5 Å². The molecule has 0 amide bonds. The Morgan fingerprint density at radius 2 is 1.15 bits per heavy atom. The lowest BCUT2D eigenvalue weighted by atomic mass is 10.0. The average Bonchev–Trinajstić information content (AvgIpc) is 2.61. The molecule has 0 radical (unpaired) electrons. The van der Waals surface area contributed by atoms with Gasteiger partial charge >= 0.3 is 12.4 Å². The number of benzene rings is 2. The van der Waals surface area contributed by atoms with Gasteiger partial charge in [-0.3, -0.25) is 0 Å². The molecule has 0 fully saturated rings. The minimum absolute atomic E-state index is 0.00918. The average molecular weight is 385 g/mol. The number of aromatic nitrogens is 1. The van der Waals surface area contributed by atoms with Gasteiger partial charge in [-0.25, -0.2) is 9.37 Å². The molecular formula is C19H10F7N. The fourth-order valence-corrected chi connectivity index (χ4v) is 2.50. The smallest absolute Gasteiger partial charge is 0.245 e. The highest BCUT2D eigenvalue weighted by Gasteiger charge is 2.31. The van der Waals surface area contributed by atoms with E-state index in [1.54, 1.807) is 0 Å². The normalized spacial score (nSPS) is 12.3. The number of rotatable bonds is 2. The summed E-state index contributed by atoms with van der Waals surface area (Å²) >= 11 is 0. The van der Waals surface area contributed by atoms with E-state index in [9.17, 15) is 30.7 Å². The Hall–Kier alpha value is -2.90. The number of pyridine rings is 1. The fraction of sp³-hybridized carbons (Fsp3) is 0.105. The predicted molar refractivity (Wildman–Crippen MR) is 85.1 cm³/mol. The van der Waals surface area contributed by atoms with E-state index in [0.29, 0.717) is 0 Å². The van der Waals surface area contributed by atoms with E-state index in [1.807, 2.05) is 0 Å². The molecule has 8 heteroatoms. The summed E-state index contributed by atoms with van der Waals surface area (Å²) in [4.78, 5) is 3.95. The van der Waals surface area contributed by atoms with Gasteiger partial charge in [-0.2, -0.15) is 26.3 Å². The quantitative estimate of drug-likeness (QED) is 0.454. The van der Waals surface area contributed by atoms with Crippen molar-refractivity contribution in [2.45, 2.75) is 12.4 Å². The number of nitrogens with zero attached hydrogens (tertiary/aromatic N) is 1. The van der Waals surface area contributed by atoms with E-state index in [2.05, 4.69) is 4.98 Å². The van der Waals surface area contributed by atoms with Crippen LogP contribution in [0.5, 0.6) is 0 Å². The molecule has 3 aromatic rings. The minimum Gasteiger partial charge on any atom is -0.245 e. The van der Waals surface area contributed by atoms with E-state index in [0.717, 1.165) is 36.4 Å². The first-order valence-corrected chi connectivity index (χ1v) is 7.57. The molecule has 0 aliphatic heterocycles. The van der Waals surface area contributed by atoms with Gasteiger partial charge < -0.3 is 0 Å². The van der Waals surface area contributed by atoms with Crippen LogP contribution in [-0.2, 0) is 12.4 Å². The van der Waals surface area contributed by atoms with Crippen molar-refractivity contribution in [3.63, 3.8) is 0 Å². The molecular weight excluding hydrogens is 375 g/mol. The predicted octanol–water partition coefficient (Wildman–Crippen LogP) is 6.59. The Bertz CT molecular complexity index is 974. The lowest BCUT2D eigenvalue weighted by molar-refractivity contribution is -0.138. The molecule has 0 spiro atoms. The van der Waals surface area contributed by atoms with Gasteiger partial charge in [-0.1, -0.05) is 24.3 Å². The van der Waals surface area contributed by atoms with Crippen molar-refractivity contribution in [1.82, 2.24) is 4.98 Å². The molecule has 2 aromatic carbocycles. The highest BCUT2D eigenvalue weighted by atomic mass is 19.4. The Balaban J connectivity index is 2.09. The van der Waals surface area contributed by atoms with Gasteiger partial charge in [-0.15, -0.1) is 0 Å². The molecule has 0 saturated carbocycles. The number of alkyl halides is 6. The van der Waals surface area contributed by atoms with Crippen LogP contribution in [0.1, 0.15) is 11.1 Å². The monoisotopic (exact) mass is 385 g/mol. The molecule has 0 saturated heterocycles. The van der Waals surface area contributed by atoms with E-state index in [-0.39, 0.29) is 22.5 Å². The Morgan fingerprint density at radius 1 is 0.630 bits per heavy atom. The first kappa shape index (κ1) is 18.9. The molecule has 1 heterocycles. The molecule has 0 N–H and O–H groups in total. The minimum atomic E-state index is -4.62. The summed E-state index contributed by atoms with van der Waals surface area (Å²) in [6.45, 7) is 0. The van der Waals surface area contributed by atoms with Crippen LogP contribution in [0, 0.1) is 5.82 Å². The van der Waals surface area contributed by atoms with E-state index in [1.165, 1.54) is 24.3 Å². The lowest BCUT2D eigenvalue weighted by Gasteiger charge is -2.11. The molecule has 0 bridgehead atoms. The number of halogens is 7. The highest BCUT2D eigenvalue weighted by molar-refractivity contribution is 5.67. The van der Waals surface area contributed by atoms with Gasteiger partial charge in [-0.05, 0) is 36.4 Å². The van der Waals surface area contributed by atoms with Gasteiger partial charge in [0, 0.05) is 11.1 Å². The fourth-order valence-electron chi connectivity index (χ4n) is 2.50. The van der Waals surface area contributed by atoms with E-state index >= 15 is 0 Å². The number of hydrogen-bond donors (Lipinski definition) is 0. The topological polar surface area (TPSA) is 12.9 Å². The third-order valence-electron chi connectivity index (χ3n) is 3.80. The van der Waals surface area contributed by atoms with Gasteiger partial charge in [0.1, 0.15) is 11.5 Å². The van der Waals surface area contributed by atoms with Crippen LogP contribution in [0.15, 0.2) is 60.7 Å². The van der Waals surface area contributed by atoms with Gasteiger partial charge in [0.2, 0.25) is 0 Å². The van der Waals surface area contributed by atoms with Crippen molar-refractivity contribution in [3.8, 4) is 22.5 Å². The maximum absolute atomic E-state index is 14.1. The first-order chi connectivity index (χ1) is 12.6. The van der Waals surface area contributed by atoms with Crippen LogP contribution in [0.4, 0.5) is 30.7 Å². The zero-order valence-electron chi connectivity index (χ0n) is 13.4. The van der Waals surface area contributed by atoms with E-state index in [4.69, 9.17) is 0 Å². The second kappa shape index (κ2) is 6.68. The standard InChI is InChI=1S/C19H10F7N/c20-15-7-8-16(11-3-1-5-13(9-11)18(21,22)23)27-17(15)12-4-2-6-14(10-12)19(24,25)26/h1-10H. The van der Waals surface area contributed by atoms with Crippen LogP contribution >= 0.6 is 0 Å². The van der Waals surface area contributed by atoms with Crippen molar-refractivity contribution < 1.29 is 30.7 Å². The maximum atomic E-state index is 14.1. The van der Waals surface area contributed by atoms with E-state index < -0.39 is 29.3 Å². The largest absolute Gasteiger partial charge is 0.416 e. The van der Waals surface area contributed by atoms with Crippen molar-refractivity contribution >= 4 is 0 Å². The molecule has 27 heavy (non-hydrogen) atoms. The van der Waals surface area contributed by atoms with Crippen molar-refractivity contribution in [1.29, 1.82) is 0 Å². The lowest BCUT2D eigenvalue weighted by Crippen LogP contribution is -2.05. The van der Waals surface area contributed by atoms with Crippen LogP contribution < -0.4 is 0 Å². The summed E-state index contributed by atoms with van der Waals surface area (Å²) < 4.78 is 91.3. The molecule has 1 aromatic heterocycles. The van der Waals surface area contributed by atoms with Crippen LogP contribution in [-0.4, -0.2) is 4.98 Å². The summed E-state index contributed by atoms with van der Waals surface area (Å²) in [5, 5.41) is 0. The van der Waals surface area contributed by atoms with Crippen molar-refractivity contribution in [3.05, 3.63) is 77.6 Å². The zero-order valence-corrected chi connectivity index (χ0v) is 13.4. The molecule has 0 aliphatic carbocycles. The molecule has 0 atom stereocenters. The summed E-state index contributed by atoms with van der Waals surface area (Å²) in [5.41, 5.74) is -2.32. The molecule has 0 unspecified atom stereocenters. The molecule has 140 valence electrons. The number of hydrogen-bond acceptors (Lipinski definition) is 1. The Labute approximate surface area is 149 Å². The van der Waals surface area contributed by atoms with Crippen molar-refractivity contribution in [2.24, 2.45) is 0 Å². The van der Waals surface area contributed by atoms with Crippen LogP contribution in [0.2, 0.25) is 0 Å². The first-order valence-electron chi connectivity index (χ1n) is 7.57.